The summed E-state index contributed by atoms with van der Waals surface area (Å²) in [5.74, 6) is -0.272. The normalized spacial score (nSPS) is 15.5. The average Bonchev–Trinajstić information content (AvgIpc) is 3.04. The first-order valence-corrected chi connectivity index (χ1v) is 15.4. The number of ether oxygens (including phenoxy) is 2. The van der Waals surface area contributed by atoms with Crippen molar-refractivity contribution in [1.82, 2.24) is 20.3 Å². The van der Waals surface area contributed by atoms with E-state index >= 15 is 0 Å². The lowest BCUT2D eigenvalue weighted by Gasteiger charge is -2.29. The van der Waals surface area contributed by atoms with E-state index in [0.29, 0.717) is 31.1 Å². The van der Waals surface area contributed by atoms with Crippen molar-refractivity contribution < 1.29 is 32.5 Å². The summed E-state index contributed by atoms with van der Waals surface area (Å²) in [5.41, 5.74) is 7.51. The van der Waals surface area contributed by atoms with Gasteiger partial charge in [-0.3, -0.25) is 0 Å². The molecule has 0 aliphatic carbocycles. The highest BCUT2D eigenvalue weighted by Gasteiger charge is 2.30. The molecule has 2 unspecified atom stereocenters. The zero-order valence-corrected chi connectivity index (χ0v) is 25.5. The first-order chi connectivity index (χ1) is 22.2. The Balaban J connectivity index is 1.37. The number of benzene rings is 2. The van der Waals surface area contributed by atoms with E-state index in [1.807, 2.05) is 24.3 Å². The second-order valence-corrected chi connectivity index (χ2v) is 11.0. The predicted molar refractivity (Wildman–Crippen MR) is 169 cm³/mol. The third-order valence-corrected chi connectivity index (χ3v) is 7.26. The molecule has 2 heterocycles. The molecule has 3 aromatic rings. The van der Waals surface area contributed by atoms with Crippen molar-refractivity contribution in [1.29, 1.82) is 0 Å². The summed E-state index contributed by atoms with van der Waals surface area (Å²) in [4.78, 5) is 24.2. The summed E-state index contributed by atoms with van der Waals surface area (Å²) in [6, 6.07) is 12.9. The van der Waals surface area contributed by atoms with Crippen LogP contribution in [0.1, 0.15) is 44.1 Å². The molecule has 250 valence electrons. The SMILES string of the molecule is NCCCCCCOc1ccc(CNc2nc(Nc3ccc(NC(C(=O)O)C4CCCNC4)cc3)nc(OCC(F)(F)F)n2)cc1. The van der Waals surface area contributed by atoms with E-state index in [4.69, 9.17) is 15.2 Å². The number of aliphatic carboxylic acids is 1. The number of piperidine rings is 1. The molecule has 0 bridgehead atoms. The molecule has 0 radical (unpaired) electrons. The van der Waals surface area contributed by atoms with Gasteiger partial charge in [0.15, 0.2) is 6.61 Å². The van der Waals surface area contributed by atoms with E-state index in [1.165, 1.54) is 0 Å². The van der Waals surface area contributed by atoms with Gasteiger partial charge in [0.05, 0.1) is 6.61 Å². The zero-order valence-electron chi connectivity index (χ0n) is 25.5. The Morgan fingerprint density at radius 1 is 0.978 bits per heavy atom. The van der Waals surface area contributed by atoms with E-state index in [-0.39, 0.29) is 24.4 Å². The number of carbonyl (C=O) groups is 1. The van der Waals surface area contributed by atoms with Crippen molar-refractivity contribution in [3.63, 3.8) is 0 Å². The highest BCUT2D eigenvalue weighted by Crippen LogP contribution is 2.24. The molecule has 0 saturated carbocycles. The maximum Gasteiger partial charge on any atom is 0.422 e. The quantitative estimate of drug-likeness (QED) is 0.103. The molecule has 4 rings (SSSR count). The van der Waals surface area contributed by atoms with Crippen LogP contribution in [0.25, 0.3) is 0 Å². The maximum atomic E-state index is 12.8. The first kappa shape index (κ1) is 34.5. The van der Waals surface area contributed by atoms with Gasteiger partial charge in [0.25, 0.3) is 0 Å². The van der Waals surface area contributed by atoms with Crippen LogP contribution in [0.4, 0.5) is 36.4 Å². The number of nitrogens with two attached hydrogens (primary N) is 1. The van der Waals surface area contributed by atoms with Gasteiger partial charge in [0.2, 0.25) is 11.9 Å². The second kappa shape index (κ2) is 17.4. The van der Waals surface area contributed by atoms with E-state index in [0.717, 1.165) is 56.4 Å². The van der Waals surface area contributed by atoms with Crippen molar-refractivity contribution in [3.05, 3.63) is 54.1 Å². The van der Waals surface area contributed by atoms with Crippen LogP contribution in [0, 0.1) is 5.92 Å². The van der Waals surface area contributed by atoms with Crippen molar-refractivity contribution in [2.75, 3.05) is 48.8 Å². The van der Waals surface area contributed by atoms with Crippen LogP contribution in [0.2, 0.25) is 0 Å². The Bertz CT molecular complexity index is 1360. The molecule has 1 saturated heterocycles. The molecule has 46 heavy (non-hydrogen) atoms. The molecule has 1 aliphatic rings. The topological polar surface area (TPSA) is 169 Å². The van der Waals surface area contributed by atoms with Gasteiger partial charge in [-0.15, -0.1) is 0 Å². The number of nitrogens with zero attached hydrogens (tertiary/aromatic N) is 3. The Kier molecular flexibility index (Phi) is 13.0. The maximum absolute atomic E-state index is 12.8. The fourth-order valence-corrected chi connectivity index (χ4v) is 4.88. The van der Waals surface area contributed by atoms with Crippen molar-refractivity contribution in [2.24, 2.45) is 11.7 Å². The van der Waals surface area contributed by atoms with Crippen LogP contribution in [0.15, 0.2) is 48.5 Å². The number of hydrogen-bond donors (Lipinski definition) is 6. The van der Waals surface area contributed by atoms with Crippen LogP contribution in [-0.4, -0.2) is 71.1 Å². The predicted octanol–water partition coefficient (Wildman–Crippen LogP) is 4.93. The molecule has 0 amide bonds. The largest absolute Gasteiger partial charge is 0.494 e. The van der Waals surface area contributed by atoms with Gasteiger partial charge in [0, 0.05) is 30.4 Å². The third kappa shape index (κ3) is 11.9. The van der Waals surface area contributed by atoms with Crippen LogP contribution >= 0.6 is 0 Å². The number of unbranched alkanes of at least 4 members (excludes halogenated alkanes) is 3. The molecule has 15 heteroatoms. The summed E-state index contributed by atoms with van der Waals surface area (Å²) in [7, 11) is 0. The Hall–Kier alpha value is -4.37. The average molecular weight is 647 g/mol. The fourth-order valence-electron chi connectivity index (χ4n) is 4.88. The van der Waals surface area contributed by atoms with Gasteiger partial charge < -0.3 is 41.6 Å². The number of halogens is 3. The van der Waals surface area contributed by atoms with Crippen molar-refractivity contribution in [2.45, 2.75) is 57.3 Å². The summed E-state index contributed by atoms with van der Waals surface area (Å²) in [6.07, 6.45) is 1.24. The van der Waals surface area contributed by atoms with Crippen LogP contribution in [0.3, 0.4) is 0 Å². The van der Waals surface area contributed by atoms with E-state index in [2.05, 4.69) is 36.2 Å². The van der Waals surface area contributed by atoms with Gasteiger partial charge in [-0.25, -0.2) is 4.79 Å². The summed E-state index contributed by atoms with van der Waals surface area (Å²) >= 11 is 0. The zero-order chi connectivity index (χ0) is 32.8. The highest BCUT2D eigenvalue weighted by atomic mass is 19.4. The minimum absolute atomic E-state index is 0.0103. The van der Waals surface area contributed by atoms with Crippen LogP contribution in [-0.2, 0) is 11.3 Å². The Labute approximate surface area is 265 Å². The molecule has 2 aromatic carbocycles. The number of aromatic nitrogens is 3. The van der Waals surface area contributed by atoms with E-state index in [1.54, 1.807) is 24.3 Å². The fraction of sp³-hybridized carbons (Fsp3) is 0.484. The third-order valence-electron chi connectivity index (χ3n) is 7.26. The van der Waals surface area contributed by atoms with Crippen LogP contribution < -0.4 is 36.5 Å². The molecule has 12 nitrogen and oxygen atoms in total. The number of nitrogens with one attached hydrogen (secondary N) is 4. The molecular formula is C31H41F3N8O4. The minimum atomic E-state index is -4.58. The molecule has 0 spiro atoms. The summed E-state index contributed by atoms with van der Waals surface area (Å²) in [5, 5.41) is 22.0. The molecule has 7 N–H and O–H groups in total. The number of hydrogen-bond acceptors (Lipinski definition) is 11. The molecular weight excluding hydrogens is 605 g/mol. The standard InChI is InChI=1S/C31H41F3N8O4/c32-31(33,34)20-46-30-41-28(37-18-21-7-13-25(14-8-21)45-17-4-2-1-3-15-35)40-29(42-30)39-24-11-9-23(10-12-24)38-26(27(43)44)22-6-5-16-36-19-22/h7-14,22,26,36,38H,1-6,15-20,35H2,(H,43,44)(H2,37,39,40,41,42). The van der Waals surface area contributed by atoms with E-state index < -0.39 is 30.8 Å². The lowest BCUT2D eigenvalue weighted by Crippen LogP contribution is -2.44. The van der Waals surface area contributed by atoms with Gasteiger partial charge in [0.1, 0.15) is 11.8 Å². The lowest BCUT2D eigenvalue weighted by molar-refractivity contribution is -0.154. The second-order valence-electron chi connectivity index (χ2n) is 11.0. The summed E-state index contributed by atoms with van der Waals surface area (Å²) < 4.78 is 49.1. The van der Waals surface area contributed by atoms with Crippen molar-refractivity contribution in [3.8, 4) is 11.8 Å². The highest BCUT2D eigenvalue weighted by molar-refractivity contribution is 5.78. The van der Waals surface area contributed by atoms with Crippen LogP contribution in [0.5, 0.6) is 11.8 Å². The number of carboxylic acids is 1. The Morgan fingerprint density at radius 2 is 1.70 bits per heavy atom. The summed E-state index contributed by atoms with van der Waals surface area (Å²) in [6.45, 7) is 1.52. The molecule has 1 fully saturated rings. The van der Waals surface area contributed by atoms with Gasteiger partial charge in [-0.1, -0.05) is 25.0 Å². The number of alkyl halides is 3. The number of rotatable bonds is 18. The van der Waals surface area contributed by atoms with Gasteiger partial charge >= 0.3 is 18.2 Å². The van der Waals surface area contributed by atoms with Crippen molar-refractivity contribution >= 4 is 29.2 Å². The minimum Gasteiger partial charge on any atom is -0.494 e. The smallest absolute Gasteiger partial charge is 0.422 e. The number of carboxylic acid groups (broad SMARTS) is 1. The van der Waals surface area contributed by atoms with Gasteiger partial charge in [-0.2, -0.15) is 28.1 Å². The lowest BCUT2D eigenvalue weighted by atomic mass is 9.91. The van der Waals surface area contributed by atoms with Gasteiger partial charge in [-0.05, 0) is 80.7 Å². The van der Waals surface area contributed by atoms with E-state index in [9.17, 15) is 23.1 Å². The Morgan fingerprint density at radius 3 is 2.37 bits per heavy atom. The molecule has 1 aromatic heterocycles. The first-order valence-electron chi connectivity index (χ1n) is 15.4. The molecule has 2 atom stereocenters. The monoisotopic (exact) mass is 646 g/mol. The molecule has 1 aliphatic heterocycles. The number of anilines is 4.